The van der Waals surface area contributed by atoms with Crippen LogP contribution in [0, 0.1) is 10.1 Å². The Morgan fingerprint density at radius 3 is 2.75 bits per heavy atom. The monoisotopic (exact) mass is 225 g/mol. The molecule has 0 saturated heterocycles. The van der Waals surface area contributed by atoms with Crippen molar-refractivity contribution in [2.24, 2.45) is 0 Å². The summed E-state index contributed by atoms with van der Waals surface area (Å²) in [5.41, 5.74) is 0.568. The Labute approximate surface area is 93.8 Å². The standard InChI is InChI=1S/C11H15NO4/c1-3-8(7-12(14)15)10-6-9(16-2)4-5-11(10)13/h4-6,8,13H,3,7H2,1-2H3/t8-/m1/s1. The van der Waals surface area contributed by atoms with Crippen LogP contribution in [0.2, 0.25) is 0 Å². The zero-order valence-electron chi connectivity index (χ0n) is 9.34. The highest BCUT2D eigenvalue weighted by molar-refractivity contribution is 5.41. The lowest BCUT2D eigenvalue weighted by atomic mass is 9.95. The van der Waals surface area contributed by atoms with Crippen LogP contribution in [0.4, 0.5) is 0 Å². The molecular formula is C11H15NO4. The number of nitrogens with zero attached hydrogens (tertiary/aromatic N) is 1. The lowest BCUT2D eigenvalue weighted by Gasteiger charge is -2.13. The summed E-state index contributed by atoms with van der Waals surface area (Å²) >= 11 is 0. The van der Waals surface area contributed by atoms with Crippen LogP contribution in [0.15, 0.2) is 18.2 Å². The second-order valence-electron chi connectivity index (χ2n) is 3.55. The van der Waals surface area contributed by atoms with Gasteiger partial charge in [-0.1, -0.05) is 6.92 Å². The van der Waals surface area contributed by atoms with E-state index in [4.69, 9.17) is 4.74 Å². The van der Waals surface area contributed by atoms with E-state index in [9.17, 15) is 15.2 Å². The van der Waals surface area contributed by atoms with Gasteiger partial charge in [0.25, 0.3) is 0 Å². The van der Waals surface area contributed by atoms with Crippen molar-refractivity contribution in [1.82, 2.24) is 0 Å². The molecule has 0 amide bonds. The second kappa shape index (κ2) is 5.34. The van der Waals surface area contributed by atoms with Crippen LogP contribution in [0.3, 0.4) is 0 Å². The zero-order valence-corrected chi connectivity index (χ0v) is 9.34. The fourth-order valence-corrected chi connectivity index (χ4v) is 1.61. The Morgan fingerprint density at radius 2 is 2.25 bits per heavy atom. The molecule has 88 valence electrons. The summed E-state index contributed by atoms with van der Waals surface area (Å²) in [5, 5.41) is 20.2. The minimum absolute atomic E-state index is 0.0782. The number of benzene rings is 1. The number of phenols is 1. The first kappa shape index (κ1) is 12.3. The quantitative estimate of drug-likeness (QED) is 0.615. The minimum atomic E-state index is -0.368. The van der Waals surface area contributed by atoms with Crippen molar-refractivity contribution in [3.05, 3.63) is 33.9 Å². The fraction of sp³-hybridized carbons (Fsp3) is 0.455. The van der Waals surface area contributed by atoms with Gasteiger partial charge in [0.15, 0.2) is 0 Å². The molecule has 5 heteroatoms. The van der Waals surface area contributed by atoms with E-state index < -0.39 is 0 Å². The lowest BCUT2D eigenvalue weighted by molar-refractivity contribution is -0.483. The maximum absolute atomic E-state index is 10.5. The molecule has 16 heavy (non-hydrogen) atoms. The summed E-state index contributed by atoms with van der Waals surface area (Å²) < 4.78 is 5.03. The average molecular weight is 225 g/mol. The highest BCUT2D eigenvalue weighted by atomic mass is 16.6. The van der Waals surface area contributed by atoms with Crippen LogP contribution < -0.4 is 4.74 Å². The van der Waals surface area contributed by atoms with Crippen LogP contribution in [-0.2, 0) is 0 Å². The van der Waals surface area contributed by atoms with Crippen molar-refractivity contribution < 1.29 is 14.8 Å². The van der Waals surface area contributed by atoms with Crippen LogP contribution in [-0.4, -0.2) is 23.7 Å². The van der Waals surface area contributed by atoms with E-state index in [2.05, 4.69) is 0 Å². The van der Waals surface area contributed by atoms with Gasteiger partial charge in [-0.25, -0.2) is 0 Å². The number of hydrogen-bond acceptors (Lipinski definition) is 4. The number of phenolic OH excluding ortho intramolecular Hbond substituents is 1. The summed E-state index contributed by atoms with van der Waals surface area (Å²) in [7, 11) is 1.52. The van der Waals surface area contributed by atoms with Gasteiger partial charge in [0, 0.05) is 10.5 Å². The Kier molecular flexibility index (Phi) is 4.10. The van der Waals surface area contributed by atoms with Gasteiger partial charge >= 0.3 is 0 Å². The van der Waals surface area contributed by atoms with Crippen molar-refractivity contribution in [3.63, 3.8) is 0 Å². The molecule has 0 fully saturated rings. The van der Waals surface area contributed by atoms with Gasteiger partial charge in [0.1, 0.15) is 11.5 Å². The molecule has 0 unspecified atom stereocenters. The zero-order chi connectivity index (χ0) is 12.1. The van der Waals surface area contributed by atoms with Gasteiger partial charge in [-0.3, -0.25) is 10.1 Å². The third kappa shape index (κ3) is 2.85. The Hall–Kier alpha value is -1.78. The van der Waals surface area contributed by atoms with E-state index in [1.807, 2.05) is 6.92 Å². The molecule has 1 aromatic rings. The molecule has 1 aromatic carbocycles. The van der Waals surface area contributed by atoms with Gasteiger partial charge in [0.2, 0.25) is 6.54 Å². The van der Waals surface area contributed by atoms with E-state index in [1.165, 1.54) is 13.2 Å². The van der Waals surface area contributed by atoms with Gasteiger partial charge in [0.05, 0.1) is 13.0 Å². The number of nitro groups is 1. The van der Waals surface area contributed by atoms with Crippen LogP contribution in [0.25, 0.3) is 0 Å². The summed E-state index contributed by atoms with van der Waals surface area (Å²) in [6, 6.07) is 4.77. The summed E-state index contributed by atoms with van der Waals surface area (Å²) in [5.74, 6) is 0.384. The molecule has 0 saturated carbocycles. The third-order valence-electron chi connectivity index (χ3n) is 2.54. The Morgan fingerprint density at radius 1 is 1.56 bits per heavy atom. The molecule has 1 atom stereocenters. The topological polar surface area (TPSA) is 72.6 Å². The summed E-state index contributed by atoms with van der Waals surface area (Å²) in [6.07, 6.45) is 0.599. The van der Waals surface area contributed by atoms with E-state index in [0.29, 0.717) is 17.7 Å². The first-order valence-electron chi connectivity index (χ1n) is 5.07. The maximum atomic E-state index is 10.5. The number of aromatic hydroxyl groups is 1. The average Bonchev–Trinajstić information content (AvgIpc) is 2.26. The first-order valence-corrected chi connectivity index (χ1v) is 5.07. The van der Waals surface area contributed by atoms with Crippen molar-refractivity contribution in [2.45, 2.75) is 19.3 Å². The Bertz CT molecular complexity index is 378. The SMILES string of the molecule is CC[C@H](C[N+](=O)[O-])c1cc(OC)ccc1O. The van der Waals surface area contributed by atoms with Crippen molar-refractivity contribution in [1.29, 1.82) is 0 Å². The highest BCUT2D eigenvalue weighted by Gasteiger charge is 2.19. The molecule has 1 N–H and O–H groups in total. The van der Waals surface area contributed by atoms with E-state index in [0.717, 1.165) is 0 Å². The fourth-order valence-electron chi connectivity index (χ4n) is 1.61. The van der Waals surface area contributed by atoms with Crippen LogP contribution in [0.1, 0.15) is 24.8 Å². The number of ether oxygens (including phenoxy) is 1. The molecule has 0 spiro atoms. The largest absolute Gasteiger partial charge is 0.508 e. The predicted molar refractivity (Wildman–Crippen MR) is 59.6 cm³/mol. The Balaban J connectivity index is 3.02. The molecule has 1 rings (SSSR count). The molecule has 0 aliphatic heterocycles. The van der Waals surface area contributed by atoms with E-state index in [1.54, 1.807) is 12.1 Å². The predicted octanol–water partition coefficient (Wildman–Crippen LogP) is 2.17. The molecule has 0 heterocycles. The third-order valence-corrected chi connectivity index (χ3v) is 2.54. The van der Waals surface area contributed by atoms with E-state index >= 15 is 0 Å². The van der Waals surface area contributed by atoms with Crippen LogP contribution >= 0.6 is 0 Å². The molecule has 5 nitrogen and oxygen atoms in total. The summed E-state index contributed by atoms with van der Waals surface area (Å²) in [4.78, 5) is 10.1. The molecule has 0 aliphatic carbocycles. The molecular weight excluding hydrogens is 210 g/mol. The highest BCUT2D eigenvalue weighted by Crippen LogP contribution is 2.31. The number of hydrogen-bond donors (Lipinski definition) is 1. The van der Waals surface area contributed by atoms with Gasteiger partial charge in [-0.05, 0) is 24.6 Å². The smallest absolute Gasteiger partial charge is 0.210 e. The van der Waals surface area contributed by atoms with Crippen LogP contribution in [0.5, 0.6) is 11.5 Å². The van der Waals surface area contributed by atoms with Gasteiger partial charge in [-0.15, -0.1) is 0 Å². The van der Waals surface area contributed by atoms with Crippen molar-refractivity contribution in [2.75, 3.05) is 13.7 Å². The maximum Gasteiger partial charge on any atom is 0.210 e. The first-order chi connectivity index (χ1) is 7.58. The van der Waals surface area contributed by atoms with Crippen molar-refractivity contribution in [3.8, 4) is 11.5 Å². The van der Waals surface area contributed by atoms with Gasteiger partial charge in [-0.2, -0.15) is 0 Å². The lowest BCUT2D eigenvalue weighted by Crippen LogP contribution is -2.12. The molecule has 0 bridgehead atoms. The normalized spacial score (nSPS) is 12.1. The molecule has 0 aromatic heterocycles. The van der Waals surface area contributed by atoms with E-state index in [-0.39, 0.29) is 23.1 Å². The second-order valence-corrected chi connectivity index (χ2v) is 3.55. The number of rotatable bonds is 5. The van der Waals surface area contributed by atoms with Crippen molar-refractivity contribution >= 4 is 0 Å². The van der Waals surface area contributed by atoms with Gasteiger partial charge < -0.3 is 9.84 Å². The number of methoxy groups -OCH3 is 1. The minimum Gasteiger partial charge on any atom is -0.508 e. The summed E-state index contributed by atoms with van der Waals surface area (Å²) in [6.45, 7) is 1.67. The molecule has 0 aliphatic rings. The molecule has 0 radical (unpaired) electrons.